The lowest BCUT2D eigenvalue weighted by Crippen LogP contribution is -2.04. The summed E-state index contributed by atoms with van der Waals surface area (Å²) in [5, 5.41) is 0. The zero-order chi connectivity index (χ0) is 17.8. The molecule has 0 spiro atoms. The molecule has 0 aliphatic rings. The quantitative estimate of drug-likeness (QED) is 0.589. The zero-order valence-electron chi connectivity index (χ0n) is 14.3. The minimum Gasteiger partial charge on any atom is -0.264 e. The Balaban J connectivity index is 0.000000341. The topological polar surface area (TPSA) is 63.6 Å². The molecule has 2 aromatic carbocycles. The van der Waals surface area contributed by atoms with Crippen LogP contribution in [0.25, 0.3) is 0 Å². The molecule has 0 aliphatic carbocycles. The van der Waals surface area contributed by atoms with Crippen molar-refractivity contribution in [1.29, 1.82) is 0 Å². The molecule has 0 radical (unpaired) electrons. The van der Waals surface area contributed by atoms with E-state index in [1.54, 1.807) is 0 Å². The smallest absolute Gasteiger partial charge is 0.264 e. The number of aryl methyl sites for hydroxylation is 3. The molecule has 0 atom stereocenters. The van der Waals surface area contributed by atoms with Gasteiger partial charge in [-0.2, -0.15) is 8.42 Å². The van der Waals surface area contributed by atoms with Crippen molar-refractivity contribution in [2.75, 3.05) is 6.61 Å². The number of hydrogen-bond acceptors (Lipinski definition) is 3. The molecule has 2 rings (SSSR count). The van der Waals surface area contributed by atoms with Crippen molar-refractivity contribution in [3.8, 4) is 0 Å². The predicted molar refractivity (Wildman–Crippen MR) is 97.4 cm³/mol. The number of rotatable bonds is 7. The number of unbranched alkanes of at least 4 members (excludes halogenated alkanes) is 2. The molecule has 0 aliphatic heterocycles. The third-order valence-corrected chi connectivity index (χ3v) is 3.99. The van der Waals surface area contributed by atoms with E-state index in [0.717, 1.165) is 19.3 Å². The zero-order valence-corrected chi connectivity index (χ0v) is 15.1. The molecule has 0 heterocycles. The van der Waals surface area contributed by atoms with Crippen LogP contribution in [0.2, 0.25) is 0 Å². The minimum atomic E-state index is -4.27. The average molecular weight is 350 g/mol. The first-order valence-electron chi connectivity index (χ1n) is 8.06. The second kappa shape index (κ2) is 11.0. The van der Waals surface area contributed by atoms with Gasteiger partial charge in [0.2, 0.25) is 0 Å². The van der Waals surface area contributed by atoms with Crippen LogP contribution in [0.4, 0.5) is 0 Å². The molecule has 0 aromatic heterocycles. The fourth-order valence-electron chi connectivity index (χ4n) is 2.18. The van der Waals surface area contributed by atoms with E-state index >= 15 is 0 Å². The van der Waals surface area contributed by atoms with Gasteiger partial charge in [-0.25, -0.2) is 4.18 Å². The van der Waals surface area contributed by atoms with Gasteiger partial charge < -0.3 is 0 Å². The summed E-state index contributed by atoms with van der Waals surface area (Å²) in [5.41, 5.74) is 3.92. The van der Waals surface area contributed by atoms with Crippen molar-refractivity contribution in [2.24, 2.45) is 0 Å². The lowest BCUT2D eigenvalue weighted by Gasteiger charge is -2.05. The summed E-state index contributed by atoms with van der Waals surface area (Å²) < 4.78 is 33.1. The third-order valence-electron chi connectivity index (χ3n) is 3.52. The van der Waals surface area contributed by atoms with Crippen molar-refractivity contribution >= 4 is 10.4 Å². The second-order valence-electron chi connectivity index (χ2n) is 5.64. The molecule has 0 bridgehead atoms. The Bertz CT molecular complexity index is 682. The minimum absolute atomic E-state index is 0.0482. The summed E-state index contributed by atoms with van der Waals surface area (Å²) in [7, 11) is -4.27. The summed E-state index contributed by atoms with van der Waals surface area (Å²) in [4.78, 5) is 0. The number of hydrogen-bond donors (Lipinski definition) is 1. The van der Waals surface area contributed by atoms with E-state index in [-0.39, 0.29) is 6.61 Å². The normalized spacial score (nSPS) is 10.8. The first kappa shape index (κ1) is 20.4. The lowest BCUT2D eigenvalue weighted by molar-refractivity contribution is 0.262. The van der Waals surface area contributed by atoms with Crippen molar-refractivity contribution in [3.63, 3.8) is 0 Å². The standard InChI is InChI=1S/C12H18O4S.C7H8/c1-11-7-4-5-9-12(11)8-3-2-6-10-16-17(13,14)15;1-7-5-3-2-4-6-7/h4-5,7,9H,2-3,6,8,10H2,1H3,(H,13,14,15);2-6H,1H3. The fraction of sp³-hybridized carbons (Fsp3) is 0.368. The number of benzene rings is 2. The SMILES string of the molecule is Cc1ccccc1.Cc1ccccc1CCCCCOS(=O)(=O)O. The van der Waals surface area contributed by atoms with Crippen LogP contribution in [0.3, 0.4) is 0 Å². The highest BCUT2D eigenvalue weighted by molar-refractivity contribution is 7.80. The van der Waals surface area contributed by atoms with Crippen LogP contribution in [0, 0.1) is 13.8 Å². The van der Waals surface area contributed by atoms with E-state index < -0.39 is 10.4 Å². The molecule has 0 unspecified atom stereocenters. The van der Waals surface area contributed by atoms with Crippen LogP contribution in [0.15, 0.2) is 54.6 Å². The molecule has 0 saturated carbocycles. The molecule has 0 amide bonds. The maximum Gasteiger partial charge on any atom is 0.397 e. The van der Waals surface area contributed by atoms with Crippen LogP contribution in [0.1, 0.15) is 36.0 Å². The maximum atomic E-state index is 10.3. The Morgan fingerprint density at radius 3 is 2.04 bits per heavy atom. The summed E-state index contributed by atoms with van der Waals surface area (Å²) in [6.07, 6.45) is 3.48. The summed E-state index contributed by atoms with van der Waals surface area (Å²) >= 11 is 0. The highest BCUT2D eigenvalue weighted by Gasteiger charge is 2.03. The Kier molecular flexibility index (Phi) is 9.30. The molecule has 132 valence electrons. The maximum absolute atomic E-state index is 10.3. The van der Waals surface area contributed by atoms with Crippen LogP contribution in [-0.2, 0) is 21.0 Å². The van der Waals surface area contributed by atoms with Crippen LogP contribution < -0.4 is 0 Å². The molecule has 0 fully saturated rings. The van der Waals surface area contributed by atoms with Gasteiger partial charge in [0.25, 0.3) is 0 Å². The highest BCUT2D eigenvalue weighted by atomic mass is 32.3. The highest BCUT2D eigenvalue weighted by Crippen LogP contribution is 2.11. The van der Waals surface area contributed by atoms with E-state index in [1.165, 1.54) is 16.7 Å². The average Bonchev–Trinajstić information content (AvgIpc) is 2.53. The Morgan fingerprint density at radius 2 is 1.50 bits per heavy atom. The summed E-state index contributed by atoms with van der Waals surface area (Å²) in [6.45, 7) is 4.21. The second-order valence-corrected chi connectivity index (χ2v) is 6.73. The van der Waals surface area contributed by atoms with Crippen LogP contribution in [0.5, 0.6) is 0 Å². The summed E-state index contributed by atoms with van der Waals surface area (Å²) in [5.74, 6) is 0. The largest absolute Gasteiger partial charge is 0.397 e. The fourth-order valence-corrected chi connectivity index (χ4v) is 2.51. The van der Waals surface area contributed by atoms with E-state index in [9.17, 15) is 8.42 Å². The van der Waals surface area contributed by atoms with E-state index in [1.807, 2.05) is 30.3 Å². The molecule has 0 saturated heterocycles. The van der Waals surface area contributed by atoms with Gasteiger partial charge in [0, 0.05) is 0 Å². The van der Waals surface area contributed by atoms with Crippen molar-refractivity contribution in [3.05, 3.63) is 71.3 Å². The molecule has 4 nitrogen and oxygen atoms in total. The lowest BCUT2D eigenvalue weighted by atomic mass is 10.0. The van der Waals surface area contributed by atoms with Crippen LogP contribution >= 0.6 is 0 Å². The third kappa shape index (κ3) is 10.2. The molecule has 2 aromatic rings. The monoisotopic (exact) mass is 350 g/mol. The Morgan fingerprint density at radius 1 is 0.875 bits per heavy atom. The van der Waals surface area contributed by atoms with Crippen molar-refractivity contribution in [1.82, 2.24) is 0 Å². The van der Waals surface area contributed by atoms with Crippen molar-refractivity contribution < 1.29 is 17.2 Å². The van der Waals surface area contributed by atoms with E-state index in [0.29, 0.717) is 6.42 Å². The first-order valence-corrected chi connectivity index (χ1v) is 9.43. The van der Waals surface area contributed by atoms with Gasteiger partial charge in [0.15, 0.2) is 0 Å². The predicted octanol–water partition coefficient (Wildman–Crippen LogP) is 4.52. The summed E-state index contributed by atoms with van der Waals surface area (Å²) in [6, 6.07) is 18.5. The van der Waals surface area contributed by atoms with Gasteiger partial charge in [-0.15, -0.1) is 0 Å². The molecular weight excluding hydrogens is 324 g/mol. The van der Waals surface area contributed by atoms with Gasteiger partial charge in [-0.1, -0.05) is 66.6 Å². The van der Waals surface area contributed by atoms with Gasteiger partial charge in [-0.3, -0.25) is 4.55 Å². The van der Waals surface area contributed by atoms with E-state index in [4.69, 9.17) is 4.55 Å². The first-order chi connectivity index (χ1) is 11.4. The molecule has 24 heavy (non-hydrogen) atoms. The molecule has 5 heteroatoms. The van der Waals surface area contributed by atoms with Gasteiger partial charge in [-0.05, 0) is 44.2 Å². The Hall–Kier alpha value is -1.69. The Labute approximate surface area is 145 Å². The van der Waals surface area contributed by atoms with Crippen LogP contribution in [-0.4, -0.2) is 19.6 Å². The van der Waals surface area contributed by atoms with E-state index in [2.05, 4.69) is 42.3 Å². The van der Waals surface area contributed by atoms with Crippen molar-refractivity contribution in [2.45, 2.75) is 39.5 Å². The van der Waals surface area contributed by atoms with Gasteiger partial charge in [0.1, 0.15) is 0 Å². The van der Waals surface area contributed by atoms with Gasteiger partial charge in [0.05, 0.1) is 6.61 Å². The molecular formula is C19H26O4S. The molecule has 1 N–H and O–H groups in total. The van der Waals surface area contributed by atoms with Gasteiger partial charge >= 0.3 is 10.4 Å².